The Labute approximate surface area is 136 Å². The van der Waals surface area contributed by atoms with Crippen molar-refractivity contribution >= 4 is 35.5 Å². The summed E-state index contributed by atoms with van der Waals surface area (Å²) in [6.07, 6.45) is -4.74. The number of aromatic nitrogens is 3. The highest BCUT2D eigenvalue weighted by Crippen LogP contribution is 2.52. The number of thiazole rings is 1. The lowest BCUT2D eigenvalue weighted by atomic mass is 10.1. The molecule has 2 fully saturated rings. The molecule has 1 unspecified atom stereocenters. The van der Waals surface area contributed by atoms with Crippen LogP contribution in [0.4, 0.5) is 5.95 Å². The van der Waals surface area contributed by atoms with Gasteiger partial charge in [0.15, 0.2) is 11.9 Å². The van der Waals surface area contributed by atoms with Crippen molar-refractivity contribution in [2.45, 2.75) is 24.5 Å². The van der Waals surface area contributed by atoms with E-state index in [9.17, 15) is 24.2 Å². The molecule has 0 aromatic carbocycles. The van der Waals surface area contributed by atoms with Crippen molar-refractivity contribution in [2.24, 2.45) is 0 Å². The maximum atomic E-state index is 12.2. The van der Waals surface area contributed by atoms with E-state index in [1.165, 1.54) is 0 Å². The highest BCUT2D eigenvalue weighted by Gasteiger charge is 2.53. The van der Waals surface area contributed by atoms with Crippen molar-refractivity contribution in [2.75, 3.05) is 12.3 Å². The Kier molecular flexibility index (Phi) is 3.44. The molecule has 4 rings (SSSR count). The average Bonchev–Trinajstić information content (AvgIpc) is 2.96. The van der Waals surface area contributed by atoms with Gasteiger partial charge >= 0.3 is 12.7 Å². The number of rotatable bonds is 1. The summed E-state index contributed by atoms with van der Waals surface area (Å²) in [6, 6.07) is 0. The number of aromatic amines is 1. The smallest absolute Gasteiger partial charge is 0.386 e. The molecule has 0 aliphatic carbocycles. The van der Waals surface area contributed by atoms with Gasteiger partial charge in [0.1, 0.15) is 23.0 Å². The third kappa shape index (κ3) is 2.33. The minimum atomic E-state index is -4.29. The number of nitrogen functional groups attached to an aromatic ring is 1. The maximum Gasteiger partial charge on any atom is 0.472 e. The van der Waals surface area contributed by atoms with E-state index in [1.807, 2.05) is 0 Å². The van der Waals surface area contributed by atoms with Crippen LogP contribution >= 0.6 is 19.2 Å². The molecule has 0 bridgehead atoms. The second-order valence-electron chi connectivity index (χ2n) is 5.23. The predicted molar refractivity (Wildman–Crippen MR) is 79.5 cm³/mol. The number of H-pyrrole nitrogens is 1. The van der Waals surface area contributed by atoms with Crippen LogP contribution in [0.3, 0.4) is 0 Å². The van der Waals surface area contributed by atoms with E-state index in [0.29, 0.717) is 11.3 Å². The second-order valence-corrected chi connectivity index (χ2v) is 7.60. The molecule has 0 spiro atoms. The molecule has 0 amide bonds. The largest absolute Gasteiger partial charge is 0.472 e. The molecular weight excluding hydrogens is 367 g/mol. The Morgan fingerprint density at radius 2 is 2.21 bits per heavy atom. The van der Waals surface area contributed by atoms with E-state index >= 15 is 0 Å². The van der Waals surface area contributed by atoms with Crippen molar-refractivity contribution in [3.05, 3.63) is 20.0 Å². The Morgan fingerprint density at radius 3 is 2.96 bits per heavy atom. The van der Waals surface area contributed by atoms with E-state index in [4.69, 9.17) is 15.0 Å². The van der Waals surface area contributed by atoms with Gasteiger partial charge in [-0.15, -0.1) is 0 Å². The number of nitrogens with zero attached hydrogens (tertiary/aromatic N) is 2. The van der Waals surface area contributed by atoms with Gasteiger partial charge in [-0.2, -0.15) is 4.98 Å². The number of nitrogens with two attached hydrogens (primary N) is 1. The molecule has 0 saturated carbocycles. The van der Waals surface area contributed by atoms with Gasteiger partial charge in [0.25, 0.3) is 5.56 Å². The van der Waals surface area contributed by atoms with Crippen LogP contribution in [0.25, 0.3) is 10.3 Å². The maximum absolute atomic E-state index is 12.2. The number of aliphatic hydroxyl groups is 1. The third-order valence-corrected chi connectivity index (χ3v) is 5.64. The number of aliphatic hydroxyl groups excluding tert-OH is 1. The van der Waals surface area contributed by atoms with Crippen molar-refractivity contribution < 1.29 is 28.3 Å². The lowest BCUT2D eigenvalue weighted by molar-refractivity contribution is -0.0668. The molecule has 12 nitrogen and oxygen atoms in total. The van der Waals surface area contributed by atoms with Gasteiger partial charge in [-0.3, -0.25) is 28.2 Å². The van der Waals surface area contributed by atoms with Crippen molar-refractivity contribution in [3.8, 4) is 0 Å². The van der Waals surface area contributed by atoms with E-state index in [-0.39, 0.29) is 22.9 Å². The summed E-state index contributed by atoms with van der Waals surface area (Å²) in [5.41, 5.74) is 4.84. The molecule has 24 heavy (non-hydrogen) atoms. The van der Waals surface area contributed by atoms with Gasteiger partial charge in [-0.1, -0.05) is 11.3 Å². The fourth-order valence-electron chi connectivity index (χ4n) is 2.72. The summed E-state index contributed by atoms with van der Waals surface area (Å²) in [6.45, 7) is -0.293. The number of nitrogens with one attached hydrogen (secondary N) is 1. The second kappa shape index (κ2) is 5.20. The highest BCUT2D eigenvalue weighted by atomic mass is 32.1. The Balaban J connectivity index is 1.82. The fraction of sp³-hybridized carbons (Fsp3) is 0.500. The molecule has 2 aromatic heterocycles. The van der Waals surface area contributed by atoms with Crippen LogP contribution in [0.1, 0.15) is 6.23 Å². The molecule has 5 N–H and O–H groups in total. The van der Waals surface area contributed by atoms with Crippen LogP contribution in [-0.4, -0.2) is 49.5 Å². The van der Waals surface area contributed by atoms with Gasteiger partial charge < -0.3 is 20.5 Å². The van der Waals surface area contributed by atoms with Gasteiger partial charge in [-0.05, 0) is 0 Å². The first-order chi connectivity index (χ1) is 11.3. The fourth-order valence-corrected chi connectivity index (χ4v) is 4.53. The first kappa shape index (κ1) is 15.9. The summed E-state index contributed by atoms with van der Waals surface area (Å²) in [4.78, 5) is 39.0. The van der Waals surface area contributed by atoms with Crippen LogP contribution in [0.2, 0.25) is 0 Å². The minimum absolute atomic E-state index is 0.0184. The molecule has 2 aromatic rings. The molecule has 14 heteroatoms. The van der Waals surface area contributed by atoms with Crippen LogP contribution in [-0.2, 0) is 18.3 Å². The molecule has 5 atom stereocenters. The zero-order valence-electron chi connectivity index (χ0n) is 11.7. The SMILES string of the molecule is Nc1nc2c(sc(=O)n2[C@@H]2O[C@@H]3COP(=O)(O)O[C@H]3[C@H]2O)c(=O)[nH]1. The zero-order chi connectivity index (χ0) is 17.2. The number of phosphoric acid groups is 1. The highest BCUT2D eigenvalue weighted by molar-refractivity contribution is 7.47. The standard InChI is InChI=1S/C10H11N4O8PS/c11-9-12-6-5(7(16)13-9)24-10(17)14(6)8-3(15)4-2(21-8)1-20-23(18,19)22-4/h2-4,8,15H,1H2,(H,18,19)(H3,11,12,13,16)/t2-,3-,4-,8-/m1/s1. The van der Waals surface area contributed by atoms with Crippen LogP contribution < -0.4 is 16.2 Å². The molecular formula is C10H11N4O8PS. The van der Waals surface area contributed by atoms with Gasteiger partial charge in [0.05, 0.1) is 6.61 Å². The Morgan fingerprint density at radius 1 is 1.46 bits per heavy atom. The lowest BCUT2D eigenvalue weighted by Crippen LogP contribution is -2.39. The average molecular weight is 378 g/mol. The van der Waals surface area contributed by atoms with Crippen LogP contribution in [0.5, 0.6) is 0 Å². The Hall–Kier alpha value is -1.60. The summed E-state index contributed by atoms with van der Waals surface area (Å²) in [5.74, 6) is -0.205. The number of ether oxygens (including phenoxy) is 1. The van der Waals surface area contributed by atoms with Gasteiger partial charge in [0, 0.05) is 0 Å². The molecule has 0 radical (unpaired) electrons. The summed E-state index contributed by atoms with van der Waals surface area (Å²) < 4.78 is 27.5. The van der Waals surface area contributed by atoms with Crippen LogP contribution in [0.15, 0.2) is 9.59 Å². The first-order valence-electron chi connectivity index (χ1n) is 6.67. The van der Waals surface area contributed by atoms with Crippen LogP contribution in [0, 0.1) is 0 Å². The van der Waals surface area contributed by atoms with Crippen molar-refractivity contribution in [1.29, 1.82) is 0 Å². The topological polar surface area (TPSA) is 179 Å². The number of hydrogen-bond donors (Lipinski definition) is 4. The molecule has 2 aliphatic rings. The normalized spacial score (nSPS) is 36.1. The monoisotopic (exact) mass is 378 g/mol. The molecule has 130 valence electrons. The number of fused-ring (bicyclic) bond motifs is 2. The van der Waals surface area contributed by atoms with E-state index in [0.717, 1.165) is 4.57 Å². The molecule has 2 aliphatic heterocycles. The first-order valence-corrected chi connectivity index (χ1v) is 8.98. The molecule has 2 saturated heterocycles. The summed E-state index contributed by atoms with van der Waals surface area (Å²) in [7, 11) is -4.29. The lowest BCUT2D eigenvalue weighted by Gasteiger charge is -2.27. The summed E-state index contributed by atoms with van der Waals surface area (Å²) >= 11 is 0.614. The molecule has 4 heterocycles. The third-order valence-electron chi connectivity index (χ3n) is 3.71. The number of anilines is 1. The van der Waals surface area contributed by atoms with E-state index in [2.05, 4.69) is 14.5 Å². The zero-order valence-corrected chi connectivity index (χ0v) is 13.4. The van der Waals surface area contributed by atoms with Gasteiger partial charge in [-0.25, -0.2) is 4.57 Å². The Bertz CT molecular complexity index is 983. The van der Waals surface area contributed by atoms with E-state index in [1.54, 1.807) is 0 Å². The predicted octanol–water partition coefficient (Wildman–Crippen LogP) is -1.50. The van der Waals surface area contributed by atoms with Crippen molar-refractivity contribution in [1.82, 2.24) is 14.5 Å². The van der Waals surface area contributed by atoms with E-state index < -0.39 is 42.8 Å². The van der Waals surface area contributed by atoms with Gasteiger partial charge in [0.2, 0.25) is 5.95 Å². The quantitative estimate of drug-likeness (QED) is 0.427. The summed E-state index contributed by atoms with van der Waals surface area (Å²) in [5, 5.41) is 10.4. The minimum Gasteiger partial charge on any atom is -0.386 e. The number of phosphoric ester groups is 1. The number of hydrogen-bond acceptors (Lipinski definition) is 10. The van der Waals surface area contributed by atoms with Crippen molar-refractivity contribution in [3.63, 3.8) is 0 Å².